The Kier molecular flexibility index (Phi) is 257. The maximum Gasteiger partial charge on any atom is 2.00 e. The van der Waals surface area contributed by atoms with E-state index in [2.05, 4.69) is 0 Å². The summed E-state index contributed by atoms with van der Waals surface area (Å²) in [6, 6.07) is 0. The molecule has 0 saturated heterocycles. The summed E-state index contributed by atoms with van der Waals surface area (Å²) in [6.07, 6.45) is 0. The van der Waals surface area contributed by atoms with Gasteiger partial charge in [-0.3, -0.25) is 0 Å². The van der Waals surface area contributed by atoms with Crippen LogP contribution in [0.2, 0.25) is 0 Å². The summed E-state index contributed by atoms with van der Waals surface area (Å²) < 4.78 is 0. The van der Waals surface area contributed by atoms with Gasteiger partial charge >= 0.3 is 46.6 Å². The number of carbonyl (C=O) groups excluding carboxylic acids is 3. The minimum absolute atomic E-state index is 0. The third kappa shape index (κ3) is 126000. The van der Waals surface area contributed by atoms with Crippen LogP contribution in [-0.4, -0.2) is 36.5 Å². The van der Waals surface area contributed by atoms with Crippen molar-refractivity contribution in [2.45, 2.75) is 0 Å². The second-order valence-corrected chi connectivity index (χ2v) is 0.289. The van der Waals surface area contributed by atoms with Crippen LogP contribution in [0.3, 0.4) is 0 Å². The van der Waals surface area contributed by atoms with Crippen LogP contribution in [0, 0.1) is 0 Å². The van der Waals surface area contributed by atoms with E-state index < -0.39 is 19.4 Å². The largest absolute Gasteiger partial charge is 2.00 e. The molecule has 6 nitrogen and oxygen atoms in total. The monoisotopic (exact) mass is 238 g/mol. The first-order chi connectivity index (χ1) is 4.24. The Bertz CT molecular complexity index is 54.6. The summed E-state index contributed by atoms with van der Waals surface area (Å²) in [6.45, 7) is -1.50. The molecule has 0 bridgehead atoms. The number of carbonyl (C=O) groups is 3. The van der Waals surface area contributed by atoms with Gasteiger partial charge in [0, 0.05) is 19.4 Å². The number of hydrogen-bond donors (Lipinski definition) is 0. The first-order valence-corrected chi connectivity index (χ1v) is 1.41. The zero-order valence-electron chi connectivity index (χ0n) is 5.59. The molecule has 0 unspecified atom stereocenters. The van der Waals surface area contributed by atoms with Crippen LogP contribution >= 0.6 is 0 Å². The summed E-state index contributed by atoms with van der Waals surface area (Å²) in [5, 5.41) is 24.8. The maximum absolute atomic E-state index is 8.25. The molecule has 0 aromatic carbocycles. The molecule has 0 amide bonds. The Hall–Kier alpha value is -0.0705. The molecule has 58 valence electrons. The molecule has 11 heavy (non-hydrogen) atoms. The average Bonchev–Trinajstić information content (AvgIpc) is 1.70. The van der Waals surface area contributed by atoms with Gasteiger partial charge in [-0.2, -0.15) is 0 Å². The average molecular weight is 237 g/mol. The second-order valence-electron chi connectivity index (χ2n) is 0.289. The van der Waals surface area contributed by atoms with Crippen molar-refractivity contribution >= 4 is 36.5 Å². The van der Waals surface area contributed by atoms with Gasteiger partial charge in [0.15, 0.2) is 0 Å². The molecule has 0 heterocycles. The normalized spacial score (nSPS) is 3.27. The Morgan fingerprint density at radius 1 is 0.727 bits per heavy atom. The minimum Gasteiger partial charge on any atom is -0.554 e. The Balaban J connectivity index is -0.0000000150. The van der Waals surface area contributed by atoms with Crippen molar-refractivity contribution in [1.29, 1.82) is 0 Å². The zero-order chi connectivity index (χ0) is 8.12. The Labute approximate surface area is 95.4 Å². The van der Waals surface area contributed by atoms with Gasteiger partial charge in [0.1, 0.15) is 0 Å². The van der Waals surface area contributed by atoms with E-state index in [4.69, 9.17) is 29.7 Å². The molecule has 4 radical (unpaired) electrons. The van der Waals surface area contributed by atoms with E-state index in [1.54, 1.807) is 0 Å². The van der Waals surface area contributed by atoms with Crippen LogP contribution in [0.1, 0.15) is 0 Å². The molecular formula is C3H3NaO6Se. The van der Waals surface area contributed by atoms with Gasteiger partial charge in [-0.05, 0) is 0 Å². The predicted molar refractivity (Wildman–Crippen MR) is 23.9 cm³/mol. The first-order valence-electron chi connectivity index (χ1n) is 1.41. The molecule has 0 N–H and O–H groups in total. The van der Waals surface area contributed by atoms with Crippen LogP contribution in [-0.2, 0) is 14.4 Å². The van der Waals surface area contributed by atoms with Gasteiger partial charge in [0.25, 0.3) is 0 Å². The van der Waals surface area contributed by atoms with Gasteiger partial charge in [-0.1, -0.05) is 0 Å². The molecule has 0 rings (SSSR count). The van der Waals surface area contributed by atoms with E-state index >= 15 is 0 Å². The van der Waals surface area contributed by atoms with Crippen LogP contribution in [0.5, 0.6) is 0 Å². The van der Waals surface area contributed by atoms with Crippen molar-refractivity contribution in [1.82, 2.24) is 0 Å². The maximum atomic E-state index is 8.25. The number of hydrogen-bond acceptors (Lipinski definition) is 6. The van der Waals surface area contributed by atoms with Crippen LogP contribution in [0.25, 0.3) is 0 Å². The molecule has 0 saturated carbocycles. The van der Waals surface area contributed by atoms with Gasteiger partial charge < -0.3 is 29.7 Å². The second kappa shape index (κ2) is 92.3. The van der Waals surface area contributed by atoms with Crippen molar-refractivity contribution in [3.8, 4) is 0 Å². The summed E-state index contributed by atoms with van der Waals surface area (Å²) in [7, 11) is 0. The third-order valence-electron chi connectivity index (χ3n) is 0. The summed E-state index contributed by atoms with van der Waals surface area (Å²) in [4.78, 5) is 24.8. The fourth-order valence-corrected chi connectivity index (χ4v) is 0. The van der Waals surface area contributed by atoms with Crippen molar-refractivity contribution in [3.05, 3.63) is 0 Å². The van der Waals surface area contributed by atoms with Gasteiger partial charge in [-0.15, -0.1) is 0 Å². The fraction of sp³-hybridized carbons (Fsp3) is 0. The minimum atomic E-state index is -0.500. The molecule has 0 aromatic heterocycles. The van der Waals surface area contributed by atoms with E-state index in [9.17, 15) is 0 Å². The van der Waals surface area contributed by atoms with E-state index in [-0.39, 0.29) is 46.6 Å². The van der Waals surface area contributed by atoms with Crippen molar-refractivity contribution in [2.24, 2.45) is 0 Å². The number of rotatable bonds is 0. The zero-order valence-corrected chi connectivity index (χ0v) is 9.30. The molecule has 8 heteroatoms. The molecule has 0 aliphatic carbocycles. The molecule has 0 atom stereocenters. The quantitative estimate of drug-likeness (QED) is 0.304. The summed E-state index contributed by atoms with van der Waals surface area (Å²) in [5.41, 5.74) is 0. The van der Waals surface area contributed by atoms with E-state index in [0.29, 0.717) is 0 Å². The first kappa shape index (κ1) is 30.6. The van der Waals surface area contributed by atoms with E-state index in [1.165, 1.54) is 0 Å². The van der Waals surface area contributed by atoms with Crippen LogP contribution in [0.4, 0.5) is 0 Å². The van der Waals surface area contributed by atoms with Crippen molar-refractivity contribution in [2.75, 3.05) is 0 Å². The van der Waals surface area contributed by atoms with Gasteiger partial charge in [0.2, 0.25) is 0 Å². The third-order valence-corrected chi connectivity index (χ3v) is 0. The topological polar surface area (TPSA) is 120 Å². The SMILES string of the molecule is O=C[O-].O=C[O-].O=C[O-].[Na+].[Se+2]. The van der Waals surface area contributed by atoms with E-state index in [0.717, 1.165) is 0 Å². The fourth-order valence-electron chi connectivity index (χ4n) is 0. The Morgan fingerprint density at radius 2 is 0.727 bits per heavy atom. The van der Waals surface area contributed by atoms with E-state index in [1.807, 2.05) is 0 Å². The summed E-state index contributed by atoms with van der Waals surface area (Å²) >= 11 is 0. The van der Waals surface area contributed by atoms with Crippen molar-refractivity contribution < 1.29 is 59.3 Å². The van der Waals surface area contributed by atoms with Gasteiger partial charge in [-0.25, -0.2) is 0 Å². The van der Waals surface area contributed by atoms with Crippen molar-refractivity contribution in [3.63, 3.8) is 0 Å². The molecule has 0 aliphatic rings. The summed E-state index contributed by atoms with van der Waals surface area (Å²) in [5.74, 6) is 0. The smallest absolute Gasteiger partial charge is 0.554 e. The molecular weight excluding hydrogens is 234 g/mol. The predicted octanol–water partition coefficient (Wildman–Crippen LogP) is -8.28. The van der Waals surface area contributed by atoms with Gasteiger partial charge in [0.05, 0.1) is 0 Å². The Morgan fingerprint density at radius 3 is 0.727 bits per heavy atom. The van der Waals surface area contributed by atoms with Crippen LogP contribution < -0.4 is 44.9 Å². The molecule has 0 spiro atoms. The number of carboxylic acid groups (broad SMARTS) is 3. The molecule has 0 aromatic rings. The molecule has 0 fully saturated rings. The molecule has 0 aliphatic heterocycles. The standard InChI is InChI=1S/3CH2O2.Na.Se/c3*2-1-3;;/h3*1H,(H,2,3);;/q;;;+1;+2/p-3. The van der Waals surface area contributed by atoms with Crippen LogP contribution in [0.15, 0.2) is 0 Å².